The number of imidazole rings is 1. The number of aromatic nitrogens is 3. The minimum Gasteiger partial charge on any atom is -0.480 e. The van der Waals surface area contributed by atoms with Crippen molar-refractivity contribution in [3.8, 4) is 0 Å². The second-order valence-corrected chi connectivity index (χ2v) is 8.36. The normalized spacial score (nSPS) is 13.3. The van der Waals surface area contributed by atoms with Crippen molar-refractivity contribution >= 4 is 40.5 Å². The summed E-state index contributed by atoms with van der Waals surface area (Å²) in [5, 5.41) is 17.7. The zero-order valence-corrected chi connectivity index (χ0v) is 19.7. The first kappa shape index (κ1) is 26.9. The zero-order valence-electron chi connectivity index (χ0n) is 19.7. The number of aromatic amines is 2. The molecule has 2 aromatic heterocycles. The minimum absolute atomic E-state index is 0.0348. The summed E-state index contributed by atoms with van der Waals surface area (Å²) in [6.45, 7) is -0.528. The average Bonchev–Trinajstić information content (AvgIpc) is 3.51. The van der Waals surface area contributed by atoms with Gasteiger partial charge in [-0.1, -0.05) is 18.2 Å². The standard InChI is InChI=1S/C23H28N8O6/c24-15(7-19(25)32)21(34)28-10-20(33)30-17(5-12-8-27-16-4-2-1-3-14(12)16)22(35)31-18(23(36)37)6-13-9-26-11-29-13/h1-4,8-9,11,15,17-18,27H,5-7,10,24H2,(H2,25,32)(H,26,29)(H,28,34)(H,30,33)(H,31,35)(H,36,37). The molecular formula is C23H28N8O6. The van der Waals surface area contributed by atoms with Crippen LogP contribution in [-0.2, 0) is 36.8 Å². The SMILES string of the molecule is NC(=O)CC(N)C(=O)NCC(=O)NC(Cc1c[nH]c2ccccc12)C(=O)NC(Cc1cnc[nH]1)C(=O)O. The molecule has 2 heterocycles. The maximum Gasteiger partial charge on any atom is 0.326 e. The number of nitrogens with two attached hydrogens (primary N) is 2. The summed E-state index contributed by atoms with van der Waals surface area (Å²) in [6, 6.07) is 3.66. The predicted molar refractivity (Wildman–Crippen MR) is 131 cm³/mol. The Labute approximate surface area is 210 Å². The summed E-state index contributed by atoms with van der Waals surface area (Å²) < 4.78 is 0. The van der Waals surface area contributed by atoms with Gasteiger partial charge in [-0.05, 0) is 11.6 Å². The van der Waals surface area contributed by atoms with Crippen molar-refractivity contribution in [2.24, 2.45) is 11.5 Å². The fraction of sp³-hybridized carbons (Fsp3) is 0.304. The maximum atomic E-state index is 13.2. The molecular weight excluding hydrogens is 484 g/mol. The van der Waals surface area contributed by atoms with E-state index in [1.54, 1.807) is 6.20 Å². The lowest BCUT2D eigenvalue weighted by atomic mass is 10.0. The van der Waals surface area contributed by atoms with Crippen LogP contribution in [0.1, 0.15) is 17.7 Å². The third-order valence-corrected chi connectivity index (χ3v) is 5.53. The molecule has 0 aliphatic carbocycles. The molecule has 0 bridgehead atoms. The Balaban J connectivity index is 1.73. The molecule has 3 aromatic rings. The molecule has 0 radical (unpaired) electrons. The van der Waals surface area contributed by atoms with Crippen molar-refractivity contribution in [3.05, 3.63) is 54.2 Å². The van der Waals surface area contributed by atoms with E-state index in [-0.39, 0.29) is 12.8 Å². The van der Waals surface area contributed by atoms with E-state index in [1.165, 1.54) is 12.5 Å². The molecule has 1 aromatic carbocycles. The van der Waals surface area contributed by atoms with E-state index >= 15 is 0 Å². The number of primary amides is 1. The number of hydrogen-bond donors (Lipinski definition) is 8. The van der Waals surface area contributed by atoms with Gasteiger partial charge in [0.25, 0.3) is 0 Å². The van der Waals surface area contributed by atoms with Gasteiger partial charge in [0, 0.05) is 41.8 Å². The quantitative estimate of drug-likeness (QED) is 0.128. The van der Waals surface area contributed by atoms with Crippen LogP contribution in [0, 0.1) is 0 Å². The maximum absolute atomic E-state index is 13.2. The Morgan fingerprint density at radius 2 is 1.76 bits per heavy atom. The molecule has 0 fully saturated rings. The van der Waals surface area contributed by atoms with Crippen LogP contribution in [0.15, 0.2) is 43.0 Å². The predicted octanol–water partition coefficient (Wildman–Crippen LogP) is -1.95. The summed E-state index contributed by atoms with van der Waals surface area (Å²) in [6.07, 6.45) is 4.11. The number of carboxylic acids is 1. The van der Waals surface area contributed by atoms with E-state index in [1.807, 2.05) is 24.3 Å². The van der Waals surface area contributed by atoms with Crippen molar-refractivity contribution in [1.82, 2.24) is 30.9 Å². The van der Waals surface area contributed by atoms with Gasteiger partial charge in [0.15, 0.2) is 0 Å². The van der Waals surface area contributed by atoms with Crippen LogP contribution in [-0.4, -0.2) is 74.3 Å². The Kier molecular flexibility index (Phi) is 8.94. The van der Waals surface area contributed by atoms with E-state index in [2.05, 4.69) is 30.9 Å². The van der Waals surface area contributed by atoms with E-state index in [0.717, 1.165) is 10.9 Å². The van der Waals surface area contributed by atoms with Crippen LogP contribution < -0.4 is 27.4 Å². The van der Waals surface area contributed by atoms with Gasteiger partial charge in [-0.25, -0.2) is 9.78 Å². The highest BCUT2D eigenvalue weighted by Gasteiger charge is 2.28. The number of nitrogens with zero attached hydrogens (tertiary/aromatic N) is 1. The number of aliphatic carboxylic acids is 1. The molecule has 0 aliphatic rings. The number of rotatable bonds is 13. The molecule has 0 saturated carbocycles. The van der Waals surface area contributed by atoms with Crippen LogP contribution >= 0.6 is 0 Å². The molecule has 3 unspecified atom stereocenters. The van der Waals surface area contributed by atoms with Gasteiger partial charge in [-0.15, -0.1) is 0 Å². The summed E-state index contributed by atoms with van der Waals surface area (Å²) in [5.41, 5.74) is 12.6. The number of carbonyl (C=O) groups excluding carboxylic acids is 4. The summed E-state index contributed by atoms with van der Waals surface area (Å²) >= 11 is 0. The van der Waals surface area contributed by atoms with Gasteiger partial charge in [0.2, 0.25) is 23.6 Å². The first-order valence-electron chi connectivity index (χ1n) is 11.3. The fourth-order valence-corrected chi connectivity index (χ4v) is 3.67. The van der Waals surface area contributed by atoms with Gasteiger partial charge >= 0.3 is 5.97 Å². The summed E-state index contributed by atoms with van der Waals surface area (Å²) in [5.74, 6) is -4.26. The molecule has 14 nitrogen and oxygen atoms in total. The third-order valence-electron chi connectivity index (χ3n) is 5.53. The van der Waals surface area contributed by atoms with Crippen LogP contribution in [0.3, 0.4) is 0 Å². The lowest BCUT2D eigenvalue weighted by Gasteiger charge is -2.21. The smallest absolute Gasteiger partial charge is 0.326 e. The summed E-state index contributed by atoms with van der Waals surface area (Å²) in [7, 11) is 0. The third kappa shape index (κ3) is 7.63. The monoisotopic (exact) mass is 512 g/mol. The highest BCUT2D eigenvalue weighted by molar-refractivity contribution is 5.94. The van der Waals surface area contributed by atoms with Gasteiger partial charge in [-0.3, -0.25) is 19.2 Å². The number of amides is 4. The number of nitrogens with one attached hydrogen (secondary N) is 5. The summed E-state index contributed by atoms with van der Waals surface area (Å²) in [4.78, 5) is 70.2. The van der Waals surface area contributed by atoms with Gasteiger partial charge in [0.05, 0.1) is 25.3 Å². The molecule has 10 N–H and O–H groups in total. The minimum atomic E-state index is -1.29. The van der Waals surface area contributed by atoms with Gasteiger partial charge in [0.1, 0.15) is 12.1 Å². The largest absolute Gasteiger partial charge is 0.480 e. The number of H-pyrrole nitrogens is 2. The molecule has 37 heavy (non-hydrogen) atoms. The van der Waals surface area contributed by atoms with Crippen LogP contribution in [0.2, 0.25) is 0 Å². The van der Waals surface area contributed by atoms with Crippen molar-refractivity contribution in [1.29, 1.82) is 0 Å². The number of fused-ring (bicyclic) bond motifs is 1. The Morgan fingerprint density at radius 1 is 1.00 bits per heavy atom. The lowest BCUT2D eigenvalue weighted by molar-refractivity contribution is -0.142. The molecule has 196 valence electrons. The van der Waals surface area contributed by atoms with Gasteiger partial charge in [-0.2, -0.15) is 0 Å². The number of benzene rings is 1. The van der Waals surface area contributed by atoms with E-state index in [0.29, 0.717) is 11.3 Å². The molecule has 0 spiro atoms. The molecule has 14 heteroatoms. The van der Waals surface area contributed by atoms with Crippen molar-refractivity contribution in [2.45, 2.75) is 37.4 Å². The number of hydrogen-bond acceptors (Lipinski definition) is 7. The average molecular weight is 513 g/mol. The molecule has 3 atom stereocenters. The first-order valence-corrected chi connectivity index (χ1v) is 11.3. The second-order valence-electron chi connectivity index (χ2n) is 8.36. The highest BCUT2D eigenvalue weighted by atomic mass is 16.4. The van der Waals surface area contributed by atoms with Crippen LogP contribution in [0.5, 0.6) is 0 Å². The van der Waals surface area contributed by atoms with E-state index < -0.39 is 60.7 Å². The van der Waals surface area contributed by atoms with Gasteiger partial charge < -0.3 is 42.5 Å². The molecule has 0 saturated heterocycles. The lowest BCUT2D eigenvalue weighted by Crippen LogP contribution is -2.55. The fourth-order valence-electron chi connectivity index (χ4n) is 3.67. The van der Waals surface area contributed by atoms with Crippen molar-refractivity contribution in [3.63, 3.8) is 0 Å². The molecule has 4 amide bonds. The van der Waals surface area contributed by atoms with E-state index in [4.69, 9.17) is 11.5 Å². The van der Waals surface area contributed by atoms with Crippen LogP contribution in [0.25, 0.3) is 10.9 Å². The zero-order chi connectivity index (χ0) is 26.9. The Morgan fingerprint density at radius 3 is 2.43 bits per heavy atom. The first-order chi connectivity index (χ1) is 17.6. The number of carboxylic acid groups (broad SMARTS) is 1. The van der Waals surface area contributed by atoms with Crippen molar-refractivity contribution in [2.75, 3.05) is 6.54 Å². The Hall–Kier alpha value is -4.72. The highest BCUT2D eigenvalue weighted by Crippen LogP contribution is 2.19. The second kappa shape index (κ2) is 12.3. The van der Waals surface area contributed by atoms with E-state index in [9.17, 15) is 29.1 Å². The number of para-hydroxylation sites is 1. The van der Waals surface area contributed by atoms with Crippen molar-refractivity contribution < 1.29 is 29.1 Å². The molecule has 3 rings (SSSR count). The Bertz CT molecular complexity index is 1270. The van der Waals surface area contributed by atoms with Crippen LogP contribution in [0.4, 0.5) is 0 Å². The topological polar surface area (TPSA) is 238 Å². The number of carbonyl (C=O) groups is 5. The molecule has 0 aliphatic heterocycles.